The minimum absolute atomic E-state index is 0.0594. The van der Waals surface area contributed by atoms with Crippen LogP contribution in [0.25, 0.3) is 6.08 Å². The molecule has 0 aliphatic carbocycles. The molecule has 29 heavy (non-hydrogen) atoms. The zero-order chi connectivity index (χ0) is 20.2. The van der Waals surface area contributed by atoms with Gasteiger partial charge >= 0.3 is 0 Å². The number of hydrogen-bond donors (Lipinski definition) is 2. The average Bonchev–Trinajstić information content (AvgIpc) is 2.75. The second-order valence-corrected chi connectivity index (χ2v) is 8.11. The predicted molar refractivity (Wildman–Crippen MR) is 122 cm³/mol. The number of rotatable bonds is 5. The standard InChI is InChI=1S/C25H31N3O/c1-19-3-9-23(10-4-19)27-13-15-28(16-14-27)24(18-29)11-6-21-7-12-25-22(17-21)8-5-20(2)26-25/h3-4,6-7,9-12,17,24,26,29H,2,5,8,13-16,18H2,1H3/b11-6+/t24-/m0/s1. The van der Waals surface area contributed by atoms with E-state index in [1.165, 1.54) is 28.1 Å². The van der Waals surface area contributed by atoms with Crippen molar-refractivity contribution >= 4 is 17.5 Å². The summed E-state index contributed by atoms with van der Waals surface area (Å²) in [6.07, 6.45) is 6.33. The lowest BCUT2D eigenvalue weighted by molar-refractivity contribution is 0.146. The summed E-state index contributed by atoms with van der Waals surface area (Å²) >= 11 is 0. The number of fused-ring (bicyclic) bond motifs is 1. The number of nitrogens with zero attached hydrogens (tertiary/aromatic N) is 2. The summed E-state index contributed by atoms with van der Waals surface area (Å²) in [5.41, 5.74) is 7.37. The number of aliphatic hydroxyl groups is 1. The molecule has 1 saturated heterocycles. The summed E-state index contributed by atoms with van der Waals surface area (Å²) in [4.78, 5) is 4.81. The monoisotopic (exact) mass is 389 g/mol. The van der Waals surface area contributed by atoms with E-state index in [-0.39, 0.29) is 12.6 Å². The zero-order valence-corrected chi connectivity index (χ0v) is 17.3. The van der Waals surface area contributed by atoms with Crippen LogP contribution < -0.4 is 10.2 Å². The molecule has 4 nitrogen and oxygen atoms in total. The van der Waals surface area contributed by atoms with Gasteiger partial charge in [-0.25, -0.2) is 0 Å². The second-order valence-electron chi connectivity index (χ2n) is 8.11. The van der Waals surface area contributed by atoms with Crippen LogP contribution in [0.3, 0.4) is 0 Å². The van der Waals surface area contributed by atoms with Crippen molar-refractivity contribution in [2.45, 2.75) is 25.8 Å². The van der Waals surface area contributed by atoms with Gasteiger partial charge in [0.15, 0.2) is 0 Å². The molecule has 0 aromatic heterocycles. The van der Waals surface area contributed by atoms with Crippen molar-refractivity contribution in [3.63, 3.8) is 0 Å². The van der Waals surface area contributed by atoms with E-state index in [1.54, 1.807) is 0 Å². The highest BCUT2D eigenvalue weighted by Gasteiger charge is 2.22. The van der Waals surface area contributed by atoms with Crippen LogP contribution in [0.15, 0.2) is 60.8 Å². The molecule has 2 aromatic carbocycles. The molecule has 152 valence electrons. The van der Waals surface area contributed by atoms with Crippen LogP contribution >= 0.6 is 0 Å². The maximum atomic E-state index is 9.96. The van der Waals surface area contributed by atoms with Crippen LogP contribution in [0.4, 0.5) is 11.4 Å². The summed E-state index contributed by atoms with van der Waals surface area (Å²) in [7, 11) is 0. The third-order valence-corrected chi connectivity index (χ3v) is 6.02. The number of allylic oxidation sites excluding steroid dienone is 1. The quantitative estimate of drug-likeness (QED) is 0.809. The molecule has 1 atom stereocenters. The molecule has 1 fully saturated rings. The van der Waals surface area contributed by atoms with Gasteiger partial charge in [0, 0.05) is 43.3 Å². The van der Waals surface area contributed by atoms with Crippen LogP contribution in [0.1, 0.15) is 23.1 Å². The Kier molecular flexibility index (Phi) is 6.02. The summed E-state index contributed by atoms with van der Waals surface area (Å²) in [5.74, 6) is 0. The first-order valence-corrected chi connectivity index (χ1v) is 10.5. The number of piperazine rings is 1. The molecule has 4 rings (SSSR count). The van der Waals surface area contributed by atoms with Crippen LogP contribution in [-0.2, 0) is 6.42 Å². The van der Waals surface area contributed by atoms with E-state index >= 15 is 0 Å². The van der Waals surface area contributed by atoms with E-state index in [4.69, 9.17) is 0 Å². The van der Waals surface area contributed by atoms with Gasteiger partial charge in [-0.1, -0.05) is 42.5 Å². The molecular formula is C25H31N3O. The second kappa shape index (κ2) is 8.85. The van der Waals surface area contributed by atoms with Gasteiger partial charge in [0.05, 0.1) is 12.6 Å². The van der Waals surface area contributed by atoms with E-state index in [0.717, 1.165) is 44.7 Å². The Morgan fingerprint density at radius 2 is 1.83 bits per heavy atom. The molecule has 2 heterocycles. The molecule has 0 radical (unpaired) electrons. The van der Waals surface area contributed by atoms with Crippen LogP contribution in [0.2, 0.25) is 0 Å². The number of anilines is 2. The van der Waals surface area contributed by atoms with Crippen molar-refractivity contribution in [1.29, 1.82) is 0 Å². The summed E-state index contributed by atoms with van der Waals surface area (Å²) in [6.45, 7) is 10.2. The Labute approximate surface area is 174 Å². The Morgan fingerprint density at radius 3 is 2.55 bits per heavy atom. The molecule has 0 amide bonds. The van der Waals surface area contributed by atoms with Crippen LogP contribution in [0.5, 0.6) is 0 Å². The minimum atomic E-state index is 0.0594. The predicted octanol–water partition coefficient (Wildman–Crippen LogP) is 4.06. The fraction of sp³-hybridized carbons (Fsp3) is 0.360. The van der Waals surface area contributed by atoms with Crippen molar-refractivity contribution in [3.05, 3.63) is 77.5 Å². The smallest absolute Gasteiger partial charge is 0.0622 e. The molecule has 0 bridgehead atoms. The fourth-order valence-corrected chi connectivity index (χ4v) is 4.17. The maximum absolute atomic E-state index is 9.96. The van der Waals surface area contributed by atoms with Gasteiger partial charge in [0.2, 0.25) is 0 Å². The molecule has 2 aliphatic rings. The van der Waals surface area contributed by atoms with E-state index in [0.29, 0.717) is 0 Å². The van der Waals surface area contributed by atoms with Crippen molar-refractivity contribution in [3.8, 4) is 0 Å². The van der Waals surface area contributed by atoms with Crippen molar-refractivity contribution in [1.82, 2.24) is 4.90 Å². The molecule has 2 N–H and O–H groups in total. The third-order valence-electron chi connectivity index (χ3n) is 6.02. The number of benzene rings is 2. The minimum Gasteiger partial charge on any atom is -0.394 e. The number of aryl methyl sites for hydroxylation is 2. The van der Waals surface area contributed by atoms with E-state index in [2.05, 4.69) is 83.2 Å². The average molecular weight is 390 g/mol. The zero-order valence-electron chi connectivity index (χ0n) is 17.3. The highest BCUT2D eigenvalue weighted by Crippen LogP contribution is 2.27. The molecular weight excluding hydrogens is 358 g/mol. The summed E-state index contributed by atoms with van der Waals surface area (Å²) in [6, 6.07) is 15.3. The lowest BCUT2D eigenvalue weighted by Crippen LogP contribution is -2.50. The van der Waals surface area contributed by atoms with E-state index in [1.807, 2.05) is 0 Å². The first-order valence-electron chi connectivity index (χ1n) is 10.5. The Balaban J connectivity index is 1.37. The molecule has 2 aromatic rings. The summed E-state index contributed by atoms with van der Waals surface area (Å²) < 4.78 is 0. The lowest BCUT2D eigenvalue weighted by atomic mass is 9.99. The normalized spacial score (nSPS) is 18.6. The van der Waals surface area contributed by atoms with Gasteiger partial charge in [0.25, 0.3) is 0 Å². The highest BCUT2D eigenvalue weighted by molar-refractivity contribution is 5.63. The van der Waals surface area contributed by atoms with Gasteiger partial charge in [-0.3, -0.25) is 4.90 Å². The van der Waals surface area contributed by atoms with Crippen molar-refractivity contribution < 1.29 is 5.11 Å². The van der Waals surface area contributed by atoms with Crippen molar-refractivity contribution in [2.75, 3.05) is 43.0 Å². The highest BCUT2D eigenvalue weighted by atomic mass is 16.3. The maximum Gasteiger partial charge on any atom is 0.0622 e. The van der Waals surface area contributed by atoms with E-state index in [9.17, 15) is 5.11 Å². The van der Waals surface area contributed by atoms with Gasteiger partial charge in [-0.15, -0.1) is 0 Å². The Morgan fingerprint density at radius 1 is 1.07 bits per heavy atom. The molecule has 4 heteroatoms. The topological polar surface area (TPSA) is 38.7 Å². The van der Waals surface area contributed by atoms with Crippen LogP contribution in [-0.4, -0.2) is 48.8 Å². The first kappa shape index (κ1) is 19.7. The number of nitrogens with one attached hydrogen (secondary N) is 1. The third kappa shape index (κ3) is 4.72. The molecule has 0 unspecified atom stereocenters. The largest absolute Gasteiger partial charge is 0.394 e. The van der Waals surface area contributed by atoms with Gasteiger partial charge in [-0.2, -0.15) is 0 Å². The lowest BCUT2D eigenvalue weighted by Gasteiger charge is -2.39. The number of hydrogen-bond acceptors (Lipinski definition) is 4. The van der Waals surface area contributed by atoms with Gasteiger partial charge in [-0.05, 0) is 55.2 Å². The SMILES string of the molecule is C=C1CCc2cc(/C=C/[C@@H](CO)N3CCN(c4ccc(C)cc4)CC3)ccc2N1. The fourth-order valence-electron chi connectivity index (χ4n) is 4.17. The first-order chi connectivity index (χ1) is 14.1. The van der Waals surface area contributed by atoms with Crippen LogP contribution in [0, 0.1) is 6.92 Å². The Bertz CT molecular complexity index is 879. The summed E-state index contributed by atoms with van der Waals surface area (Å²) in [5, 5.41) is 13.3. The molecule has 0 spiro atoms. The Hall–Kier alpha value is -2.56. The van der Waals surface area contributed by atoms with Gasteiger partial charge in [0.1, 0.15) is 0 Å². The van der Waals surface area contributed by atoms with Crippen molar-refractivity contribution in [2.24, 2.45) is 0 Å². The molecule has 2 aliphatic heterocycles. The van der Waals surface area contributed by atoms with Gasteiger partial charge < -0.3 is 15.3 Å². The molecule has 0 saturated carbocycles. The van der Waals surface area contributed by atoms with E-state index < -0.39 is 0 Å². The number of aliphatic hydroxyl groups excluding tert-OH is 1.